The molecule has 1 rings (SSSR count). The molecule has 0 spiro atoms. The van der Waals surface area contributed by atoms with Crippen LogP contribution in [0.3, 0.4) is 0 Å². The third-order valence-corrected chi connectivity index (χ3v) is 1.34. The number of alkyl halides is 3. The Labute approximate surface area is 45.7 Å². The summed E-state index contributed by atoms with van der Waals surface area (Å²) in [6, 6.07) is 0. The average Bonchev–Trinajstić information content (AvgIpc) is 1.82. The van der Waals surface area contributed by atoms with Gasteiger partial charge < -0.3 is 0 Å². The maximum Gasteiger partial charge on any atom is 0.251 e. The van der Waals surface area contributed by atoms with E-state index in [-0.39, 0.29) is 12.8 Å². The minimum atomic E-state index is -2.71. The lowest BCUT2D eigenvalue weighted by molar-refractivity contribution is 0.00324. The Morgan fingerprint density at radius 2 is 2.00 bits per heavy atom. The van der Waals surface area contributed by atoms with E-state index < -0.39 is 18.5 Å². The van der Waals surface area contributed by atoms with Gasteiger partial charge in [-0.1, -0.05) is 0 Å². The Morgan fingerprint density at radius 1 is 1.38 bits per heavy atom. The molecule has 0 aromatic carbocycles. The zero-order chi connectivity index (χ0) is 6.20. The molecule has 0 aliphatic heterocycles. The highest BCUT2D eigenvalue weighted by Gasteiger charge is 2.39. The first-order chi connectivity index (χ1) is 3.60. The van der Waals surface area contributed by atoms with Crippen molar-refractivity contribution in [1.82, 2.24) is 0 Å². The number of rotatable bonds is 0. The fraction of sp³-hybridized carbons (Fsp3) is 1.00. The lowest BCUT2D eigenvalue weighted by atomic mass is 10.3. The highest BCUT2D eigenvalue weighted by Crippen LogP contribution is 2.36. The molecule has 1 aliphatic carbocycles. The van der Waals surface area contributed by atoms with E-state index in [2.05, 4.69) is 0 Å². The van der Waals surface area contributed by atoms with Crippen molar-refractivity contribution in [2.75, 3.05) is 0 Å². The lowest BCUT2D eigenvalue weighted by Crippen LogP contribution is -2.09. The van der Waals surface area contributed by atoms with Crippen LogP contribution in [0.4, 0.5) is 13.2 Å². The van der Waals surface area contributed by atoms with Crippen LogP contribution in [0.5, 0.6) is 0 Å². The largest absolute Gasteiger partial charge is 0.251 e. The van der Waals surface area contributed by atoms with Crippen LogP contribution in [-0.4, -0.2) is 12.1 Å². The van der Waals surface area contributed by atoms with E-state index in [1.165, 1.54) is 0 Å². The standard InChI is InChI=1S/C5H7F3/c6-4-1-2-5(7,8)3-4/h4H,1-3H2/t4-/m1/s1. The van der Waals surface area contributed by atoms with E-state index in [0.29, 0.717) is 0 Å². The van der Waals surface area contributed by atoms with Crippen molar-refractivity contribution in [2.45, 2.75) is 31.4 Å². The molecule has 0 nitrogen and oxygen atoms in total. The topological polar surface area (TPSA) is 0 Å². The molecule has 0 bridgehead atoms. The van der Waals surface area contributed by atoms with Crippen LogP contribution in [0.1, 0.15) is 19.3 Å². The Hall–Kier alpha value is -0.210. The predicted molar refractivity (Wildman–Crippen MR) is 23.7 cm³/mol. The van der Waals surface area contributed by atoms with Gasteiger partial charge in [-0.2, -0.15) is 0 Å². The molecule has 0 aromatic rings. The van der Waals surface area contributed by atoms with Crippen LogP contribution in [0, 0.1) is 0 Å². The van der Waals surface area contributed by atoms with Crippen molar-refractivity contribution in [1.29, 1.82) is 0 Å². The molecule has 0 amide bonds. The van der Waals surface area contributed by atoms with E-state index in [9.17, 15) is 13.2 Å². The van der Waals surface area contributed by atoms with Crippen molar-refractivity contribution in [3.05, 3.63) is 0 Å². The molecular formula is C5H7F3. The first kappa shape index (κ1) is 5.92. The smallest absolute Gasteiger partial charge is 0.247 e. The second-order valence-electron chi connectivity index (χ2n) is 2.20. The van der Waals surface area contributed by atoms with Gasteiger partial charge in [0.05, 0.1) is 0 Å². The average molecular weight is 124 g/mol. The first-order valence-corrected chi connectivity index (χ1v) is 2.62. The minimum Gasteiger partial charge on any atom is -0.247 e. The van der Waals surface area contributed by atoms with Crippen molar-refractivity contribution in [2.24, 2.45) is 0 Å². The lowest BCUT2D eigenvalue weighted by Gasteiger charge is -2.03. The zero-order valence-corrected chi connectivity index (χ0v) is 4.33. The van der Waals surface area contributed by atoms with Crippen molar-refractivity contribution < 1.29 is 13.2 Å². The zero-order valence-electron chi connectivity index (χ0n) is 4.33. The summed E-state index contributed by atoms with van der Waals surface area (Å²) in [5.74, 6) is -2.71. The first-order valence-electron chi connectivity index (χ1n) is 2.62. The summed E-state index contributed by atoms with van der Waals surface area (Å²) in [6.07, 6.45) is -2.06. The van der Waals surface area contributed by atoms with E-state index in [4.69, 9.17) is 0 Å². The van der Waals surface area contributed by atoms with Gasteiger partial charge in [0, 0.05) is 12.8 Å². The molecule has 0 heterocycles. The summed E-state index contributed by atoms with van der Waals surface area (Å²) >= 11 is 0. The molecule has 0 N–H and O–H groups in total. The van der Waals surface area contributed by atoms with Crippen LogP contribution in [0.25, 0.3) is 0 Å². The molecule has 48 valence electrons. The van der Waals surface area contributed by atoms with Gasteiger partial charge >= 0.3 is 0 Å². The third-order valence-electron chi connectivity index (χ3n) is 1.34. The second kappa shape index (κ2) is 1.64. The molecule has 0 unspecified atom stereocenters. The molecule has 0 saturated heterocycles. The Kier molecular flexibility index (Phi) is 1.21. The van der Waals surface area contributed by atoms with Crippen LogP contribution in [0.15, 0.2) is 0 Å². The van der Waals surface area contributed by atoms with Crippen LogP contribution in [-0.2, 0) is 0 Å². The summed E-state index contributed by atoms with van der Waals surface area (Å²) in [6.45, 7) is 0. The summed E-state index contributed by atoms with van der Waals surface area (Å²) in [4.78, 5) is 0. The molecule has 0 radical (unpaired) electrons. The van der Waals surface area contributed by atoms with E-state index in [1.54, 1.807) is 0 Å². The van der Waals surface area contributed by atoms with Crippen LogP contribution >= 0.6 is 0 Å². The van der Waals surface area contributed by atoms with E-state index >= 15 is 0 Å². The highest BCUT2D eigenvalue weighted by molar-refractivity contribution is 4.80. The minimum absolute atomic E-state index is 0.0347. The van der Waals surface area contributed by atoms with Gasteiger partial charge in [0.2, 0.25) is 0 Å². The number of halogens is 3. The fourth-order valence-electron chi connectivity index (χ4n) is 0.896. The maximum atomic E-state index is 12.0. The molecule has 1 saturated carbocycles. The molecule has 0 aromatic heterocycles. The van der Waals surface area contributed by atoms with E-state index in [0.717, 1.165) is 0 Å². The van der Waals surface area contributed by atoms with Crippen LogP contribution < -0.4 is 0 Å². The van der Waals surface area contributed by atoms with Gasteiger partial charge in [0.15, 0.2) is 0 Å². The van der Waals surface area contributed by atoms with Gasteiger partial charge in [-0.25, -0.2) is 13.2 Å². The maximum absolute atomic E-state index is 12.0. The molecule has 1 aliphatic rings. The SMILES string of the molecule is F[C@@H]1CCC(F)(F)C1. The highest BCUT2D eigenvalue weighted by atomic mass is 19.3. The Bertz CT molecular complexity index is 89.7. The molecular weight excluding hydrogens is 117 g/mol. The number of hydrogen-bond acceptors (Lipinski definition) is 0. The monoisotopic (exact) mass is 124 g/mol. The van der Waals surface area contributed by atoms with Crippen LogP contribution in [0.2, 0.25) is 0 Å². The summed E-state index contributed by atoms with van der Waals surface area (Å²) < 4.78 is 35.8. The van der Waals surface area contributed by atoms with Gasteiger partial charge in [-0.15, -0.1) is 0 Å². The fourth-order valence-corrected chi connectivity index (χ4v) is 0.896. The number of hydrogen-bond donors (Lipinski definition) is 0. The van der Waals surface area contributed by atoms with E-state index in [1.807, 2.05) is 0 Å². The van der Waals surface area contributed by atoms with Gasteiger partial charge in [0.1, 0.15) is 6.17 Å². The molecule has 1 atom stereocenters. The van der Waals surface area contributed by atoms with Gasteiger partial charge in [-0.3, -0.25) is 0 Å². The second-order valence-corrected chi connectivity index (χ2v) is 2.20. The van der Waals surface area contributed by atoms with Gasteiger partial charge in [-0.05, 0) is 6.42 Å². The van der Waals surface area contributed by atoms with Crippen molar-refractivity contribution in [3.8, 4) is 0 Å². The Balaban J connectivity index is 2.44. The third kappa shape index (κ3) is 1.14. The quantitative estimate of drug-likeness (QED) is 0.464. The summed E-state index contributed by atoms with van der Waals surface area (Å²) in [7, 11) is 0. The molecule has 3 heteroatoms. The summed E-state index contributed by atoms with van der Waals surface area (Å²) in [5.41, 5.74) is 0. The molecule has 8 heavy (non-hydrogen) atoms. The predicted octanol–water partition coefficient (Wildman–Crippen LogP) is 2.14. The Morgan fingerprint density at radius 3 is 2.12 bits per heavy atom. The normalized spacial score (nSPS) is 35.6. The molecule has 1 fully saturated rings. The van der Waals surface area contributed by atoms with Gasteiger partial charge in [0.25, 0.3) is 5.92 Å². The van der Waals surface area contributed by atoms with Crippen molar-refractivity contribution in [3.63, 3.8) is 0 Å². The van der Waals surface area contributed by atoms with Crippen molar-refractivity contribution >= 4 is 0 Å². The summed E-state index contributed by atoms with van der Waals surface area (Å²) in [5, 5.41) is 0.